The fourth-order valence-electron chi connectivity index (χ4n) is 3.12. The summed E-state index contributed by atoms with van der Waals surface area (Å²) in [6.07, 6.45) is 0.0100. The second kappa shape index (κ2) is 7.30. The minimum Gasteiger partial charge on any atom is -0.371 e. The number of hydrogen-bond acceptors (Lipinski definition) is 4. The number of amides is 1. The molecule has 1 aliphatic rings. The van der Waals surface area contributed by atoms with E-state index in [0.29, 0.717) is 23.6 Å². The average molecular weight is 366 g/mol. The van der Waals surface area contributed by atoms with Gasteiger partial charge in [0.25, 0.3) is 5.91 Å². The predicted octanol–water partition coefficient (Wildman–Crippen LogP) is 2.44. The molecule has 6 nitrogen and oxygen atoms in total. The molecule has 3 aromatic rings. The highest BCUT2D eigenvalue weighted by molar-refractivity contribution is 5.93. The normalized spacial score (nSPS) is 17.0. The van der Waals surface area contributed by atoms with Crippen molar-refractivity contribution in [2.24, 2.45) is 5.73 Å². The molecule has 1 aromatic heterocycles. The maximum absolute atomic E-state index is 13.2. The molecular weight excluding hydrogens is 347 g/mol. The van der Waals surface area contributed by atoms with Gasteiger partial charge in [0.15, 0.2) is 0 Å². The van der Waals surface area contributed by atoms with E-state index in [1.165, 1.54) is 16.8 Å². The molecule has 27 heavy (non-hydrogen) atoms. The number of primary amides is 1. The van der Waals surface area contributed by atoms with E-state index in [4.69, 9.17) is 10.5 Å². The summed E-state index contributed by atoms with van der Waals surface area (Å²) in [6.45, 7) is 2.30. The van der Waals surface area contributed by atoms with Crippen LogP contribution >= 0.6 is 0 Å². The number of rotatable bonds is 4. The van der Waals surface area contributed by atoms with Crippen molar-refractivity contribution in [3.8, 4) is 16.9 Å². The highest BCUT2D eigenvalue weighted by Crippen LogP contribution is 2.24. The SMILES string of the molecule is NC(=O)c1cc(-c2ccc(F)cc2)nn1-c1ccc([C@H]2CNCCO2)cc1. The van der Waals surface area contributed by atoms with Gasteiger partial charge in [0.1, 0.15) is 11.5 Å². The van der Waals surface area contributed by atoms with Crippen molar-refractivity contribution in [3.05, 3.63) is 71.7 Å². The lowest BCUT2D eigenvalue weighted by atomic mass is 10.1. The van der Waals surface area contributed by atoms with Gasteiger partial charge in [-0.2, -0.15) is 5.10 Å². The van der Waals surface area contributed by atoms with Crippen LogP contribution in [0.4, 0.5) is 4.39 Å². The molecule has 0 radical (unpaired) electrons. The van der Waals surface area contributed by atoms with Crippen LogP contribution in [0, 0.1) is 5.82 Å². The van der Waals surface area contributed by atoms with E-state index in [1.807, 2.05) is 24.3 Å². The summed E-state index contributed by atoms with van der Waals surface area (Å²) in [5, 5.41) is 7.79. The number of nitrogens with zero attached hydrogens (tertiary/aromatic N) is 2. The molecule has 1 amide bonds. The van der Waals surface area contributed by atoms with Gasteiger partial charge in [-0.3, -0.25) is 4.79 Å². The molecule has 0 spiro atoms. The van der Waals surface area contributed by atoms with Crippen LogP contribution in [-0.2, 0) is 4.74 Å². The van der Waals surface area contributed by atoms with Crippen molar-refractivity contribution < 1.29 is 13.9 Å². The number of benzene rings is 2. The third kappa shape index (κ3) is 3.60. The number of carbonyl (C=O) groups is 1. The van der Waals surface area contributed by atoms with Gasteiger partial charge < -0.3 is 15.8 Å². The first-order valence-electron chi connectivity index (χ1n) is 8.70. The molecule has 138 valence electrons. The zero-order valence-electron chi connectivity index (χ0n) is 14.6. The second-order valence-corrected chi connectivity index (χ2v) is 6.35. The quantitative estimate of drug-likeness (QED) is 0.743. The van der Waals surface area contributed by atoms with E-state index in [-0.39, 0.29) is 17.6 Å². The van der Waals surface area contributed by atoms with Gasteiger partial charge in [-0.15, -0.1) is 0 Å². The molecule has 0 bridgehead atoms. The maximum Gasteiger partial charge on any atom is 0.267 e. The first-order valence-corrected chi connectivity index (χ1v) is 8.70. The summed E-state index contributed by atoms with van der Waals surface area (Å²) < 4.78 is 20.4. The van der Waals surface area contributed by atoms with Crippen molar-refractivity contribution in [2.45, 2.75) is 6.10 Å². The number of morpholine rings is 1. The smallest absolute Gasteiger partial charge is 0.267 e. The highest BCUT2D eigenvalue weighted by atomic mass is 19.1. The van der Waals surface area contributed by atoms with E-state index < -0.39 is 5.91 Å². The van der Waals surface area contributed by atoms with Gasteiger partial charge in [-0.25, -0.2) is 9.07 Å². The van der Waals surface area contributed by atoms with Gasteiger partial charge in [0.2, 0.25) is 0 Å². The summed E-state index contributed by atoms with van der Waals surface area (Å²) in [5.74, 6) is -0.914. The van der Waals surface area contributed by atoms with E-state index in [0.717, 1.165) is 18.7 Å². The Morgan fingerprint density at radius 1 is 1.19 bits per heavy atom. The summed E-state index contributed by atoms with van der Waals surface area (Å²) in [4.78, 5) is 11.9. The van der Waals surface area contributed by atoms with Crippen LogP contribution in [0.1, 0.15) is 22.2 Å². The Morgan fingerprint density at radius 2 is 1.93 bits per heavy atom. The van der Waals surface area contributed by atoms with E-state index in [2.05, 4.69) is 10.4 Å². The molecule has 7 heteroatoms. The van der Waals surface area contributed by atoms with Crippen molar-refractivity contribution in [2.75, 3.05) is 19.7 Å². The predicted molar refractivity (Wildman–Crippen MR) is 99.0 cm³/mol. The zero-order valence-corrected chi connectivity index (χ0v) is 14.6. The lowest BCUT2D eigenvalue weighted by molar-refractivity contribution is 0.0277. The van der Waals surface area contributed by atoms with E-state index in [9.17, 15) is 9.18 Å². The van der Waals surface area contributed by atoms with E-state index >= 15 is 0 Å². The van der Waals surface area contributed by atoms with Crippen molar-refractivity contribution in [1.82, 2.24) is 15.1 Å². The molecule has 1 atom stereocenters. The lowest BCUT2D eigenvalue weighted by Gasteiger charge is -2.24. The molecule has 3 N–H and O–H groups in total. The summed E-state index contributed by atoms with van der Waals surface area (Å²) >= 11 is 0. The second-order valence-electron chi connectivity index (χ2n) is 6.35. The van der Waals surface area contributed by atoms with Crippen LogP contribution in [0.25, 0.3) is 16.9 Å². The number of aromatic nitrogens is 2. The zero-order chi connectivity index (χ0) is 18.8. The van der Waals surface area contributed by atoms with Crippen LogP contribution in [0.3, 0.4) is 0 Å². The molecule has 1 aliphatic heterocycles. The Kier molecular flexibility index (Phi) is 4.70. The fourth-order valence-corrected chi connectivity index (χ4v) is 3.12. The van der Waals surface area contributed by atoms with Crippen molar-refractivity contribution in [1.29, 1.82) is 0 Å². The van der Waals surface area contributed by atoms with Gasteiger partial charge in [-0.1, -0.05) is 12.1 Å². The Morgan fingerprint density at radius 3 is 2.56 bits per heavy atom. The lowest BCUT2D eigenvalue weighted by Crippen LogP contribution is -2.33. The van der Waals surface area contributed by atoms with Gasteiger partial charge in [-0.05, 0) is 48.0 Å². The van der Waals surface area contributed by atoms with Crippen LogP contribution in [0.2, 0.25) is 0 Å². The Hall–Kier alpha value is -3.03. The summed E-state index contributed by atoms with van der Waals surface area (Å²) in [5.41, 5.74) is 8.81. The average Bonchev–Trinajstić information content (AvgIpc) is 3.15. The Balaban J connectivity index is 1.67. The summed E-state index contributed by atoms with van der Waals surface area (Å²) in [6, 6.07) is 15.2. The third-order valence-electron chi connectivity index (χ3n) is 4.54. The Bertz CT molecular complexity index is 945. The van der Waals surface area contributed by atoms with Gasteiger partial charge in [0, 0.05) is 18.7 Å². The van der Waals surface area contributed by atoms with Crippen molar-refractivity contribution in [3.63, 3.8) is 0 Å². The fraction of sp³-hybridized carbons (Fsp3) is 0.200. The van der Waals surface area contributed by atoms with Crippen LogP contribution < -0.4 is 11.1 Å². The minimum absolute atomic E-state index is 0.0100. The van der Waals surface area contributed by atoms with Crippen LogP contribution in [-0.4, -0.2) is 35.4 Å². The number of nitrogens with two attached hydrogens (primary N) is 1. The highest BCUT2D eigenvalue weighted by Gasteiger charge is 2.18. The Labute approximate surface area is 155 Å². The van der Waals surface area contributed by atoms with E-state index in [1.54, 1.807) is 18.2 Å². The first kappa shape index (κ1) is 17.4. The van der Waals surface area contributed by atoms with Crippen LogP contribution in [0.5, 0.6) is 0 Å². The first-order chi connectivity index (χ1) is 13.1. The molecule has 1 fully saturated rings. The topological polar surface area (TPSA) is 82.2 Å². The maximum atomic E-state index is 13.2. The minimum atomic E-state index is -0.584. The standard InChI is InChI=1S/C20H19FN4O2/c21-15-5-1-13(2-6-15)17-11-18(20(22)26)25(24-17)16-7-3-14(4-8-16)19-12-23-9-10-27-19/h1-8,11,19,23H,9-10,12H2,(H2,22,26)/t19-/m1/s1. The molecule has 0 unspecified atom stereocenters. The molecular formula is C20H19FN4O2. The molecule has 2 heterocycles. The van der Waals surface area contributed by atoms with Crippen LogP contribution in [0.15, 0.2) is 54.6 Å². The molecule has 4 rings (SSSR count). The monoisotopic (exact) mass is 366 g/mol. The number of halogens is 1. The number of nitrogens with one attached hydrogen (secondary N) is 1. The third-order valence-corrected chi connectivity index (χ3v) is 4.54. The largest absolute Gasteiger partial charge is 0.371 e. The number of hydrogen-bond donors (Lipinski definition) is 2. The number of carbonyl (C=O) groups excluding carboxylic acids is 1. The molecule has 2 aromatic carbocycles. The molecule has 0 saturated carbocycles. The molecule has 1 saturated heterocycles. The van der Waals surface area contributed by atoms with Gasteiger partial charge in [0.05, 0.1) is 24.1 Å². The molecule has 0 aliphatic carbocycles. The summed E-state index contributed by atoms with van der Waals surface area (Å²) in [7, 11) is 0. The van der Waals surface area contributed by atoms with Crippen molar-refractivity contribution >= 4 is 5.91 Å². The number of ether oxygens (including phenoxy) is 1. The van der Waals surface area contributed by atoms with Gasteiger partial charge >= 0.3 is 0 Å².